The second-order valence-corrected chi connectivity index (χ2v) is 5.08. The number of aromatic nitrogens is 1. The molecule has 1 aromatic carbocycles. The Morgan fingerprint density at radius 1 is 1.33 bits per heavy atom. The number of aryl methyl sites for hydroxylation is 1. The van der Waals surface area contributed by atoms with E-state index in [4.69, 9.17) is 0 Å². The quantitative estimate of drug-likeness (QED) is 0.851. The molecule has 0 amide bonds. The average molecular weight is 331 g/mol. The third kappa shape index (κ3) is 1.88. The third-order valence-electron chi connectivity index (χ3n) is 2.37. The highest BCUT2D eigenvalue weighted by Gasteiger charge is 2.07. The van der Waals surface area contributed by atoms with E-state index < -0.39 is 0 Å². The first-order valence-electron chi connectivity index (χ1n) is 4.62. The summed E-state index contributed by atoms with van der Waals surface area (Å²) >= 11 is 6.64. The summed E-state index contributed by atoms with van der Waals surface area (Å²) in [6.07, 6.45) is 2.59. The van der Waals surface area contributed by atoms with Crippen molar-refractivity contribution >= 4 is 42.8 Å². The highest BCUT2D eigenvalue weighted by molar-refractivity contribution is 9.10. The predicted octanol–water partition coefficient (Wildman–Crippen LogP) is 3.62. The minimum Gasteiger partial charge on any atom is -0.360 e. The van der Waals surface area contributed by atoms with Crippen molar-refractivity contribution in [3.8, 4) is 0 Å². The molecule has 0 unspecified atom stereocenters. The predicted molar refractivity (Wildman–Crippen MR) is 69.3 cm³/mol. The van der Waals surface area contributed by atoms with Crippen molar-refractivity contribution < 1.29 is 0 Å². The van der Waals surface area contributed by atoms with Gasteiger partial charge in [0, 0.05) is 16.1 Å². The summed E-state index contributed by atoms with van der Waals surface area (Å²) < 4.78 is 1.51. The Kier molecular flexibility index (Phi) is 2.98. The van der Waals surface area contributed by atoms with Crippen LogP contribution in [0.2, 0.25) is 0 Å². The molecule has 0 bridgehead atoms. The molecule has 1 aromatic heterocycles. The molecule has 2 nitrogen and oxygen atoms in total. The van der Waals surface area contributed by atoms with E-state index in [1.54, 1.807) is 6.20 Å². The minimum absolute atomic E-state index is 0.0275. The molecular weight excluding hydrogens is 322 g/mol. The summed E-state index contributed by atoms with van der Waals surface area (Å²) in [6, 6.07) is 3.88. The van der Waals surface area contributed by atoms with E-state index in [2.05, 4.69) is 43.8 Å². The van der Waals surface area contributed by atoms with Crippen LogP contribution in [0, 0.1) is 0 Å². The van der Waals surface area contributed by atoms with Gasteiger partial charge in [-0.25, -0.2) is 0 Å². The van der Waals surface area contributed by atoms with Crippen molar-refractivity contribution in [2.45, 2.75) is 13.3 Å². The van der Waals surface area contributed by atoms with Crippen molar-refractivity contribution in [1.82, 2.24) is 4.98 Å². The Hall–Kier alpha value is -0.610. The van der Waals surface area contributed by atoms with E-state index in [1.807, 2.05) is 12.1 Å². The SMILES string of the molecule is CCc1cc(Br)cc2c(=O)c(Br)c[nH]c12. The molecule has 15 heavy (non-hydrogen) atoms. The maximum Gasteiger partial charge on any atom is 0.203 e. The Bertz CT molecular complexity index is 575. The van der Waals surface area contributed by atoms with Crippen LogP contribution in [0.3, 0.4) is 0 Å². The standard InChI is InChI=1S/C11H9Br2NO/c1-2-6-3-7(12)4-8-10(6)14-5-9(13)11(8)15/h3-5H,2H2,1H3,(H,14,15). The van der Waals surface area contributed by atoms with Crippen LogP contribution >= 0.6 is 31.9 Å². The molecule has 2 rings (SSSR count). The molecule has 0 aliphatic carbocycles. The zero-order valence-corrected chi connectivity index (χ0v) is 11.3. The summed E-state index contributed by atoms with van der Waals surface area (Å²) in [5.41, 5.74) is 2.10. The number of H-pyrrole nitrogens is 1. The number of halogens is 2. The second kappa shape index (κ2) is 4.10. The van der Waals surface area contributed by atoms with Gasteiger partial charge in [-0.15, -0.1) is 0 Å². The molecule has 78 valence electrons. The second-order valence-electron chi connectivity index (χ2n) is 3.31. The number of nitrogens with one attached hydrogen (secondary N) is 1. The van der Waals surface area contributed by atoms with Crippen molar-refractivity contribution in [3.05, 3.63) is 43.1 Å². The zero-order chi connectivity index (χ0) is 11.0. The summed E-state index contributed by atoms with van der Waals surface area (Å²) in [6.45, 7) is 2.07. The summed E-state index contributed by atoms with van der Waals surface area (Å²) in [5, 5.41) is 0.718. The van der Waals surface area contributed by atoms with Crippen LogP contribution in [-0.2, 0) is 6.42 Å². The molecular formula is C11H9Br2NO. The van der Waals surface area contributed by atoms with Crippen LogP contribution in [0.25, 0.3) is 10.9 Å². The lowest BCUT2D eigenvalue weighted by Gasteiger charge is -2.05. The molecule has 0 saturated heterocycles. The highest BCUT2D eigenvalue weighted by Crippen LogP contribution is 2.22. The largest absolute Gasteiger partial charge is 0.360 e. The average Bonchev–Trinajstić information content (AvgIpc) is 2.23. The van der Waals surface area contributed by atoms with Gasteiger partial charge < -0.3 is 4.98 Å². The highest BCUT2D eigenvalue weighted by atomic mass is 79.9. The summed E-state index contributed by atoms with van der Waals surface area (Å²) in [7, 11) is 0. The van der Waals surface area contributed by atoms with Crippen LogP contribution in [0.15, 0.2) is 32.1 Å². The first kappa shape index (κ1) is 10.9. The molecule has 0 radical (unpaired) electrons. The first-order valence-corrected chi connectivity index (χ1v) is 6.21. The Labute approximate surface area is 104 Å². The number of hydrogen-bond acceptors (Lipinski definition) is 1. The molecule has 1 heterocycles. The lowest BCUT2D eigenvalue weighted by molar-refractivity contribution is 1.14. The van der Waals surface area contributed by atoms with Crippen LogP contribution < -0.4 is 5.43 Å². The lowest BCUT2D eigenvalue weighted by atomic mass is 10.1. The fourth-order valence-electron chi connectivity index (χ4n) is 1.62. The van der Waals surface area contributed by atoms with Gasteiger partial charge in [-0.2, -0.15) is 0 Å². The molecule has 0 spiro atoms. The summed E-state index contributed by atoms with van der Waals surface area (Å²) in [4.78, 5) is 15.0. The number of fused-ring (bicyclic) bond motifs is 1. The van der Waals surface area contributed by atoms with E-state index >= 15 is 0 Å². The van der Waals surface area contributed by atoms with Crippen molar-refractivity contribution in [2.24, 2.45) is 0 Å². The van der Waals surface area contributed by atoms with Gasteiger partial charge in [0.05, 0.1) is 9.99 Å². The normalized spacial score (nSPS) is 10.9. The van der Waals surface area contributed by atoms with Crippen LogP contribution in [0.5, 0.6) is 0 Å². The Morgan fingerprint density at radius 2 is 2.07 bits per heavy atom. The number of rotatable bonds is 1. The van der Waals surface area contributed by atoms with Gasteiger partial charge in [-0.3, -0.25) is 4.79 Å². The topological polar surface area (TPSA) is 32.9 Å². The van der Waals surface area contributed by atoms with E-state index in [0.717, 1.165) is 27.4 Å². The number of pyridine rings is 1. The summed E-state index contributed by atoms with van der Waals surface area (Å²) in [5.74, 6) is 0. The lowest BCUT2D eigenvalue weighted by Crippen LogP contribution is -2.05. The third-order valence-corrected chi connectivity index (χ3v) is 3.42. The molecule has 0 aliphatic heterocycles. The van der Waals surface area contributed by atoms with E-state index in [-0.39, 0.29) is 5.43 Å². The van der Waals surface area contributed by atoms with Gasteiger partial charge in [0.15, 0.2) is 0 Å². The number of aromatic amines is 1. The molecule has 0 atom stereocenters. The van der Waals surface area contributed by atoms with Crippen molar-refractivity contribution in [3.63, 3.8) is 0 Å². The van der Waals surface area contributed by atoms with E-state index in [9.17, 15) is 4.79 Å². The van der Waals surface area contributed by atoms with Crippen LogP contribution in [0.4, 0.5) is 0 Å². The maximum atomic E-state index is 11.9. The van der Waals surface area contributed by atoms with Gasteiger partial charge >= 0.3 is 0 Å². The molecule has 0 saturated carbocycles. The molecule has 0 fully saturated rings. The number of hydrogen-bond donors (Lipinski definition) is 1. The van der Waals surface area contributed by atoms with Gasteiger partial charge in [-0.1, -0.05) is 22.9 Å². The first-order chi connectivity index (χ1) is 7.13. The van der Waals surface area contributed by atoms with E-state index in [0.29, 0.717) is 4.47 Å². The smallest absolute Gasteiger partial charge is 0.203 e. The van der Waals surface area contributed by atoms with E-state index in [1.165, 1.54) is 0 Å². The molecule has 4 heteroatoms. The van der Waals surface area contributed by atoms with Gasteiger partial charge in [0.2, 0.25) is 5.43 Å². The van der Waals surface area contributed by atoms with Gasteiger partial charge in [-0.05, 0) is 40.0 Å². The van der Waals surface area contributed by atoms with Crippen molar-refractivity contribution in [2.75, 3.05) is 0 Å². The van der Waals surface area contributed by atoms with Gasteiger partial charge in [0.1, 0.15) is 0 Å². The minimum atomic E-state index is 0.0275. The Morgan fingerprint density at radius 3 is 2.73 bits per heavy atom. The zero-order valence-electron chi connectivity index (χ0n) is 8.10. The van der Waals surface area contributed by atoms with Gasteiger partial charge in [0.25, 0.3) is 0 Å². The fourth-order valence-corrected chi connectivity index (χ4v) is 2.45. The molecule has 1 N–H and O–H groups in total. The fraction of sp³-hybridized carbons (Fsp3) is 0.182. The maximum absolute atomic E-state index is 11.9. The monoisotopic (exact) mass is 329 g/mol. The Balaban J connectivity index is 2.96. The van der Waals surface area contributed by atoms with Crippen LogP contribution in [-0.4, -0.2) is 4.98 Å². The number of benzene rings is 1. The van der Waals surface area contributed by atoms with Crippen LogP contribution in [0.1, 0.15) is 12.5 Å². The van der Waals surface area contributed by atoms with Crippen molar-refractivity contribution in [1.29, 1.82) is 0 Å². The molecule has 2 aromatic rings. The molecule has 0 aliphatic rings.